The molecule has 0 bridgehead atoms. The molecule has 1 unspecified atom stereocenters. The third kappa shape index (κ3) is 15.3. The Hall–Kier alpha value is -1.32. The number of carbonyl (C=O) groups excluding carboxylic acids is 1. The third-order valence-corrected chi connectivity index (χ3v) is 9.06. The van der Waals surface area contributed by atoms with Crippen molar-refractivity contribution < 1.29 is 19.4 Å². The number of hydrogen-bond donors (Lipinski definition) is 1. The van der Waals surface area contributed by atoms with E-state index in [1.165, 1.54) is 56.9 Å². The molecule has 222 valence electrons. The summed E-state index contributed by atoms with van der Waals surface area (Å²) in [4.78, 5) is 24.3. The van der Waals surface area contributed by atoms with Crippen LogP contribution in [0.15, 0.2) is 11.6 Å². The quantitative estimate of drug-likeness (QED) is 0.140. The van der Waals surface area contributed by atoms with Crippen LogP contribution in [0, 0.1) is 40.9 Å². The van der Waals surface area contributed by atoms with Crippen molar-refractivity contribution in [2.24, 2.45) is 40.9 Å². The number of esters is 1. The molecule has 0 aromatic heterocycles. The zero-order chi connectivity index (χ0) is 28.7. The van der Waals surface area contributed by atoms with Gasteiger partial charge in [0.05, 0.1) is 12.3 Å². The molecule has 4 heteroatoms. The Kier molecular flexibility index (Phi) is 16.5. The summed E-state index contributed by atoms with van der Waals surface area (Å²) in [5, 5.41) is 9.41. The van der Waals surface area contributed by atoms with Gasteiger partial charge in [-0.15, -0.1) is 0 Å². The van der Waals surface area contributed by atoms with Crippen LogP contribution in [0.3, 0.4) is 0 Å². The SMILES string of the molecule is C/C(=C\COC(=O)C(CC(=O)O)C1CCC(C(C)(C)C)CC1)CCC[C@H](C)CCC[C@H](C)CCCC(C)C. The van der Waals surface area contributed by atoms with Gasteiger partial charge in [0, 0.05) is 0 Å². The fourth-order valence-electron chi connectivity index (χ4n) is 6.20. The zero-order valence-corrected chi connectivity index (χ0v) is 26.3. The van der Waals surface area contributed by atoms with Crippen LogP contribution in [0.1, 0.15) is 145 Å². The second kappa shape index (κ2) is 18.1. The summed E-state index contributed by atoms with van der Waals surface area (Å²) in [6.07, 6.45) is 17.4. The third-order valence-electron chi connectivity index (χ3n) is 9.06. The topological polar surface area (TPSA) is 63.6 Å². The standard InChI is InChI=1S/C34H62O4/c1-25(2)12-9-13-26(3)14-10-15-27(4)16-11-17-28(5)22-23-38-33(37)31(24-32(35)36)29-18-20-30(21-19-29)34(6,7)8/h22,25-27,29-31H,9-21,23-24H2,1-8H3,(H,35,36)/b28-22+/t26-,27-,29?,30?,31?/m1/s1. The minimum absolute atomic E-state index is 0.117. The molecule has 0 radical (unpaired) electrons. The Morgan fingerprint density at radius 2 is 1.39 bits per heavy atom. The number of rotatable bonds is 18. The second-order valence-corrected chi connectivity index (χ2v) is 14.2. The van der Waals surface area contributed by atoms with Crippen molar-refractivity contribution in [3.8, 4) is 0 Å². The van der Waals surface area contributed by atoms with Gasteiger partial charge >= 0.3 is 11.9 Å². The summed E-state index contributed by atoms with van der Waals surface area (Å²) in [7, 11) is 0. The summed E-state index contributed by atoms with van der Waals surface area (Å²) in [6.45, 7) is 18.6. The molecule has 1 saturated carbocycles. The molecule has 1 rings (SSSR count). The van der Waals surface area contributed by atoms with E-state index in [1.54, 1.807) is 0 Å². The van der Waals surface area contributed by atoms with Gasteiger partial charge in [-0.2, -0.15) is 0 Å². The predicted molar refractivity (Wildman–Crippen MR) is 160 cm³/mol. The van der Waals surface area contributed by atoms with E-state index < -0.39 is 11.9 Å². The maximum Gasteiger partial charge on any atom is 0.310 e. The molecule has 1 fully saturated rings. The van der Waals surface area contributed by atoms with Gasteiger partial charge in [-0.25, -0.2) is 0 Å². The summed E-state index contributed by atoms with van der Waals surface area (Å²) in [5.41, 5.74) is 1.52. The molecule has 0 spiro atoms. The molecule has 38 heavy (non-hydrogen) atoms. The lowest BCUT2D eigenvalue weighted by atomic mass is 9.67. The Morgan fingerprint density at radius 1 is 0.868 bits per heavy atom. The zero-order valence-electron chi connectivity index (χ0n) is 26.3. The second-order valence-electron chi connectivity index (χ2n) is 14.2. The molecule has 0 aromatic rings. The number of carboxylic acid groups (broad SMARTS) is 1. The molecular weight excluding hydrogens is 472 g/mol. The largest absolute Gasteiger partial charge is 0.481 e. The van der Waals surface area contributed by atoms with E-state index in [0.717, 1.165) is 49.9 Å². The highest BCUT2D eigenvalue weighted by Gasteiger charge is 2.37. The van der Waals surface area contributed by atoms with Crippen molar-refractivity contribution in [2.75, 3.05) is 6.61 Å². The molecule has 3 atom stereocenters. The fourth-order valence-corrected chi connectivity index (χ4v) is 6.20. The summed E-state index contributed by atoms with van der Waals surface area (Å²) >= 11 is 0. The van der Waals surface area contributed by atoms with Gasteiger partial charge in [-0.05, 0) is 86.5 Å². The van der Waals surface area contributed by atoms with Gasteiger partial charge < -0.3 is 9.84 Å². The summed E-state index contributed by atoms with van der Waals surface area (Å²) in [5.74, 6) is 1.42. The Morgan fingerprint density at radius 3 is 1.89 bits per heavy atom. The first-order valence-electron chi connectivity index (χ1n) is 15.8. The van der Waals surface area contributed by atoms with Crippen LogP contribution < -0.4 is 0 Å². The van der Waals surface area contributed by atoms with Crippen molar-refractivity contribution in [2.45, 2.75) is 145 Å². The van der Waals surface area contributed by atoms with Crippen molar-refractivity contribution in [3.63, 3.8) is 0 Å². The highest BCUT2D eigenvalue weighted by atomic mass is 16.5. The average molecular weight is 535 g/mol. The molecular formula is C34H62O4. The van der Waals surface area contributed by atoms with Crippen LogP contribution in [0.25, 0.3) is 0 Å². The number of allylic oxidation sites excluding steroid dienone is 1. The minimum Gasteiger partial charge on any atom is -0.481 e. The maximum absolute atomic E-state index is 12.9. The molecule has 4 nitrogen and oxygen atoms in total. The Labute approximate surface area is 235 Å². The van der Waals surface area contributed by atoms with Crippen molar-refractivity contribution >= 4 is 11.9 Å². The lowest BCUT2D eigenvalue weighted by Crippen LogP contribution is -2.33. The van der Waals surface area contributed by atoms with Crippen LogP contribution in [0.5, 0.6) is 0 Å². The Balaban J connectivity index is 2.32. The normalized spacial score (nSPS) is 21.2. The van der Waals surface area contributed by atoms with Gasteiger partial charge in [-0.3, -0.25) is 9.59 Å². The molecule has 1 N–H and O–H groups in total. The maximum atomic E-state index is 12.9. The van der Waals surface area contributed by atoms with Crippen LogP contribution in [-0.2, 0) is 14.3 Å². The first-order valence-corrected chi connectivity index (χ1v) is 15.8. The van der Waals surface area contributed by atoms with E-state index in [2.05, 4.69) is 55.4 Å². The molecule has 1 aliphatic carbocycles. The predicted octanol–water partition coefficient (Wildman–Crippen LogP) is 9.86. The average Bonchev–Trinajstić information content (AvgIpc) is 2.81. The number of hydrogen-bond acceptors (Lipinski definition) is 3. The Bertz CT molecular complexity index is 694. The van der Waals surface area contributed by atoms with E-state index in [9.17, 15) is 14.7 Å². The minimum atomic E-state index is -0.911. The van der Waals surface area contributed by atoms with Crippen LogP contribution in [-0.4, -0.2) is 23.7 Å². The molecule has 0 heterocycles. The van der Waals surface area contributed by atoms with Gasteiger partial charge in [0.2, 0.25) is 0 Å². The number of carboxylic acids is 1. The van der Waals surface area contributed by atoms with E-state index in [1.807, 2.05) is 6.08 Å². The smallest absolute Gasteiger partial charge is 0.310 e. The molecule has 0 aromatic carbocycles. The van der Waals surface area contributed by atoms with Crippen molar-refractivity contribution in [1.29, 1.82) is 0 Å². The van der Waals surface area contributed by atoms with E-state index in [4.69, 9.17) is 4.74 Å². The van der Waals surface area contributed by atoms with Gasteiger partial charge in [0.25, 0.3) is 0 Å². The van der Waals surface area contributed by atoms with Gasteiger partial charge in [0.1, 0.15) is 6.61 Å². The van der Waals surface area contributed by atoms with Crippen LogP contribution in [0.4, 0.5) is 0 Å². The summed E-state index contributed by atoms with van der Waals surface area (Å²) < 4.78 is 5.59. The summed E-state index contributed by atoms with van der Waals surface area (Å²) in [6, 6.07) is 0. The van der Waals surface area contributed by atoms with Crippen molar-refractivity contribution in [3.05, 3.63) is 11.6 Å². The molecule has 0 aliphatic heterocycles. The lowest BCUT2D eigenvalue weighted by molar-refractivity contribution is -0.155. The first kappa shape index (κ1) is 34.7. The molecule has 0 amide bonds. The van der Waals surface area contributed by atoms with E-state index in [0.29, 0.717) is 5.92 Å². The fraction of sp³-hybridized carbons (Fsp3) is 0.882. The van der Waals surface area contributed by atoms with E-state index >= 15 is 0 Å². The van der Waals surface area contributed by atoms with Gasteiger partial charge in [-0.1, -0.05) is 99.0 Å². The van der Waals surface area contributed by atoms with Crippen molar-refractivity contribution in [1.82, 2.24) is 0 Å². The number of ether oxygens (including phenoxy) is 1. The van der Waals surface area contributed by atoms with Crippen LogP contribution in [0.2, 0.25) is 0 Å². The van der Waals surface area contributed by atoms with Crippen LogP contribution >= 0.6 is 0 Å². The highest BCUT2D eigenvalue weighted by Crippen LogP contribution is 2.42. The first-order chi connectivity index (χ1) is 17.8. The highest BCUT2D eigenvalue weighted by molar-refractivity contribution is 5.79. The molecule has 1 aliphatic rings. The molecule has 0 saturated heterocycles. The van der Waals surface area contributed by atoms with E-state index in [-0.39, 0.29) is 30.3 Å². The number of carbonyl (C=O) groups is 2. The number of aliphatic carboxylic acids is 1. The monoisotopic (exact) mass is 534 g/mol. The van der Waals surface area contributed by atoms with Gasteiger partial charge in [0.15, 0.2) is 0 Å². The lowest BCUT2D eigenvalue weighted by Gasteiger charge is -2.38.